The molecular formula is C22H14ClFN4. The Balaban J connectivity index is 1.65. The van der Waals surface area contributed by atoms with Crippen molar-refractivity contribution in [2.24, 2.45) is 0 Å². The number of imidazole rings is 1. The lowest BCUT2D eigenvalue weighted by molar-refractivity contribution is 0.628. The number of halogens is 2. The summed E-state index contributed by atoms with van der Waals surface area (Å²) in [5, 5.41) is 7.89. The molecule has 0 radical (unpaired) electrons. The third-order valence-electron chi connectivity index (χ3n) is 4.71. The average Bonchev–Trinajstić information content (AvgIpc) is 3.35. The highest BCUT2D eigenvalue weighted by Crippen LogP contribution is 2.32. The summed E-state index contributed by atoms with van der Waals surface area (Å²) >= 11 is 6.16. The smallest absolute Gasteiger partial charge is 0.137 e. The summed E-state index contributed by atoms with van der Waals surface area (Å²) in [4.78, 5) is 4.49. The van der Waals surface area contributed by atoms with E-state index in [9.17, 15) is 4.39 Å². The highest BCUT2D eigenvalue weighted by molar-refractivity contribution is 6.30. The van der Waals surface area contributed by atoms with Gasteiger partial charge in [-0.05, 0) is 48.5 Å². The Bertz CT molecular complexity index is 1290. The standard InChI is InChI=1S/C22H14ClFN4/c23-17-3-1-2-15(10-17)20-12-25-21-9-6-16(13-28(20)21)19-11-26-27-22(19)14-4-7-18(24)8-5-14/h1-13H,(H,26,27). The van der Waals surface area contributed by atoms with Crippen LogP contribution in [-0.2, 0) is 0 Å². The molecule has 3 aromatic heterocycles. The summed E-state index contributed by atoms with van der Waals surface area (Å²) in [6, 6.07) is 18.0. The molecule has 5 aromatic rings. The van der Waals surface area contributed by atoms with E-state index < -0.39 is 0 Å². The Morgan fingerprint density at radius 2 is 1.71 bits per heavy atom. The maximum Gasteiger partial charge on any atom is 0.137 e. The van der Waals surface area contributed by atoms with Crippen LogP contribution < -0.4 is 0 Å². The zero-order valence-corrected chi connectivity index (χ0v) is 15.4. The minimum Gasteiger partial charge on any atom is -0.299 e. The fraction of sp³-hybridized carbons (Fsp3) is 0. The van der Waals surface area contributed by atoms with E-state index in [4.69, 9.17) is 11.6 Å². The molecule has 0 aliphatic rings. The van der Waals surface area contributed by atoms with Gasteiger partial charge in [0.2, 0.25) is 0 Å². The number of hydrogen-bond donors (Lipinski definition) is 1. The number of rotatable bonds is 3. The Kier molecular flexibility index (Phi) is 3.95. The molecule has 0 saturated carbocycles. The van der Waals surface area contributed by atoms with Crippen molar-refractivity contribution in [3.8, 4) is 33.6 Å². The molecule has 0 fully saturated rings. The van der Waals surface area contributed by atoms with E-state index >= 15 is 0 Å². The van der Waals surface area contributed by atoms with Crippen molar-refractivity contribution in [3.63, 3.8) is 0 Å². The lowest BCUT2D eigenvalue weighted by Gasteiger charge is -2.07. The molecule has 1 N–H and O–H groups in total. The van der Waals surface area contributed by atoms with Gasteiger partial charge in [-0.25, -0.2) is 9.37 Å². The van der Waals surface area contributed by atoms with Crippen LogP contribution in [-0.4, -0.2) is 19.6 Å². The van der Waals surface area contributed by atoms with Crippen LogP contribution in [0.1, 0.15) is 0 Å². The Morgan fingerprint density at radius 3 is 2.54 bits per heavy atom. The first kappa shape index (κ1) is 16.7. The van der Waals surface area contributed by atoms with Crippen LogP contribution in [0.4, 0.5) is 4.39 Å². The van der Waals surface area contributed by atoms with Crippen LogP contribution in [0, 0.1) is 5.82 Å². The second kappa shape index (κ2) is 6.62. The number of pyridine rings is 1. The van der Waals surface area contributed by atoms with Gasteiger partial charge in [-0.1, -0.05) is 23.7 Å². The molecule has 4 nitrogen and oxygen atoms in total. The lowest BCUT2D eigenvalue weighted by Crippen LogP contribution is -1.91. The van der Waals surface area contributed by atoms with E-state index in [0.717, 1.165) is 39.3 Å². The minimum atomic E-state index is -0.268. The molecule has 0 bridgehead atoms. The van der Waals surface area contributed by atoms with Crippen molar-refractivity contribution >= 4 is 17.2 Å². The van der Waals surface area contributed by atoms with Gasteiger partial charge in [0.05, 0.1) is 23.8 Å². The molecule has 2 aromatic carbocycles. The number of aromatic amines is 1. The molecule has 0 aliphatic heterocycles. The van der Waals surface area contributed by atoms with E-state index in [1.54, 1.807) is 18.3 Å². The Morgan fingerprint density at radius 1 is 0.893 bits per heavy atom. The molecule has 0 saturated heterocycles. The zero-order valence-electron chi connectivity index (χ0n) is 14.6. The topological polar surface area (TPSA) is 46.0 Å². The Hall–Kier alpha value is -3.44. The highest BCUT2D eigenvalue weighted by atomic mass is 35.5. The van der Waals surface area contributed by atoms with Gasteiger partial charge < -0.3 is 0 Å². The van der Waals surface area contributed by atoms with Gasteiger partial charge in [0.25, 0.3) is 0 Å². The predicted molar refractivity (Wildman–Crippen MR) is 109 cm³/mol. The number of hydrogen-bond acceptors (Lipinski definition) is 2. The van der Waals surface area contributed by atoms with Gasteiger partial charge >= 0.3 is 0 Å². The fourth-order valence-corrected chi connectivity index (χ4v) is 3.53. The van der Waals surface area contributed by atoms with E-state index in [-0.39, 0.29) is 5.82 Å². The number of fused-ring (bicyclic) bond motifs is 1. The van der Waals surface area contributed by atoms with Gasteiger partial charge in [-0.3, -0.25) is 9.50 Å². The van der Waals surface area contributed by atoms with Gasteiger partial charge in [0, 0.05) is 33.5 Å². The predicted octanol–water partition coefficient (Wildman–Crippen LogP) is 5.85. The lowest BCUT2D eigenvalue weighted by atomic mass is 10.0. The van der Waals surface area contributed by atoms with Crippen LogP contribution in [0.3, 0.4) is 0 Å². The number of nitrogens with one attached hydrogen (secondary N) is 1. The van der Waals surface area contributed by atoms with Crippen LogP contribution in [0.2, 0.25) is 5.02 Å². The average molecular weight is 389 g/mol. The van der Waals surface area contributed by atoms with Crippen molar-refractivity contribution < 1.29 is 4.39 Å². The molecule has 5 rings (SSSR count). The molecule has 0 amide bonds. The van der Waals surface area contributed by atoms with Gasteiger partial charge in [0.1, 0.15) is 11.5 Å². The normalized spacial score (nSPS) is 11.2. The van der Waals surface area contributed by atoms with Crippen molar-refractivity contribution in [2.75, 3.05) is 0 Å². The van der Waals surface area contributed by atoms with Gasteiger partial charge in [-0.2, -0.15) is 5.10 Å². The van der Waals surface area contributed by atoms with E-state index in [0.29, 0.717) is 5.02 Å². The summed E-state index contributed by atoms with van der Waals surface area (Å²) in [6.07, 6.45) is 5.63. The maximum atomic E-state index is 13.3. The van der Waals surface area contributed by atoms with E-state index in [1.807, 2.05) is 53.2 Å². The SMILES string of the molecule is Fc1ccc(-c2[nH]ncc2-c2ccc3ncc(-c4cccc(Cl)c4)n3c2)cc1. The first-order valence-electron chi connectivity index (χ1n) is 8.72. The van der Waals surface area contributed by atoms with Crippen molar-refractivity contribution in [1.82, 2.24) is 19.6 Å². The van der Waals surface area contributed by atoms with Crippen molar-refractivity contribution in [2.45, 2.75) is 0 Å². The van der Waals surface area contributed by atoms with E-state index in [1.165, 1.54) is 12.1 Å². The summed E-state index contributed by atoms with van der Waals surface area (Å²) in [5.41, 5.74) is 6.39. The first-order valence-corrected chi connectivity index (χ1v) is 9.09. The summed E-state index contributed by atoms with van der Waals surface area (Å²) in [6.45, 7) is 0. The van der Waals surface area contributed by atoms with Gasteiger partial charge in [0.15, 0.2) is 0 Å². The number of benzene rings is 2. The quantitative estimate of drug-likeness (QED) is 0.421. The second-order valence-electron chi connectivity index (χ2n) is 6.47. The molecule has 0 aliphatic carbocycles. The number of nitrogens with zero attached hydrogens (tertiary/aromatic N) is 3. The highest BCUT2D eigenvalue weighted by Gasteiger charge is 2.13. The fourth-order valence-electron chi connectivity index (χ4n) is 3.34. The summed E-state index contributed by atoms with van der Waals surface area (Å²) < 4.78 is 15.3. The Labute approximate surface area is 165 Å². The molecule has 136 valence electrons. The van der Waals surface area contributed by atoms with Crippen LogP contribution >= 0.6 is 11.6 Å². The maximum absolute atomic E-state index is 13.3. The molecule has 28 heavy (non-hydrogen) atoms. The summed E-state index contributed by atoms with van der Waals surface area (Å²) in [7, 11) is 0. The van der Waals surface area contributed by atoms with Crippen LogP contribution in [0.25, 0.3) is 39.3 Å². The number of aromatic nitrogens is 4. The van der Waals surface area contributed by atoms with Gasteiger partial charge in [-0.15, -0.1) is 0 Å². The van der Waals surface area contributed by atoms with Crippen molar-refractivity contribution in [3.05, 3.63) is 90.1 Å². The summed E-state index contributed by atoms with van der Waals surface area (Å²) in [5.74, 6) is -0.268. The molecule has 6 heteroatoms. The second-order valence-corrected chi connectivity index (χ2v) is 6.90. The molecule has 0 unspecified atom stereocenters. The molecule has 0 spiro atoms. The van der Waals surface area contributed by atoms with Crippen molar-refractivity contribution in [1.29, 1.82) is 0 Å². The van der Waals surface area contributed by atoms with Crippen LogP contribution in [0.15, 0.2) is 79.3 Å². The van der Waals surface area contributed by atoms with Crippen LogP contribution in [0.5, 0.6) is 0 Å². The largest absolute Gasteiger partial charge is 0.299 e. The minimum absolute atomic E-state index is 0.268. The zero-order chi connectivity index (χ0) is 19.1. The third-order valence-corrected chi connectivity index (χ3v) is 4.94. The molecule has 3 heterocycles. The third kappa shape index (κ3) is 2.86. The molecular weight excluding hydrogens is 375 g/mol. The monoisotopic (exact) mass is 388 g/mol. The first-order chi connectivity index (χ1) is 13.7. The van der Waals surface area contributed by atoms with E-state index in [2.05, 4.69) is 15.2 Å². The molecule has 0 atom stereocenters. The number of H-pyrrole nitrogens is 1.